The van der Waals surface area contributed by atoms with Crippen molar-refractivity contribution in [2.24, 2.45) is 0 Å². The van der Waals surface area contributed by atoms with E-state index in [9.17, 15) is 26.4 Å². The molecule has 2 aromatic rings. The molecule has 0 N–H and O–H groups in total. The second-order valence-corrected chi connectivity index (χ2v) is 9.42. The summed E-state index contributed by atoms with van der Waals surface area (Å²) in [7, 11) is -8.13. The molecule has 2 aromatic heterocycles. The molecule has 0 aromatic carbocycles. The Hall–Kier alpha value is -2.98. The predicted octanol–water partition coefficient (Wildman–Crippen LogP) is 1.27. The Balaban J connectivity index is 1.72. The van der Waals surface area contributed by atoms with Crippen LogP contribution in [0.4, 0.5) is 0 Å². The van der Waals surface area contributed by atoms with Crippen molar-refractivity contribution in [1.29, 1.82) is 0 Å². The van der Waals surface area contributed by atoms with Gasteiger partial charge in [0.05, 0.1) is 11.1 Å². The van der Waals surface area contributed by atoms with Crippen LogP contribution in [0.2, 0.25) is 0 Å². The van der Waals surface area contributed by atoms with Crippen LogP contribution in [0.15, 0.2) is 68.7 Å². The number of fused-ring (bicyclic) bond motifs is 2. The van der Waals surface area contributed by atoms with Crippen molar-refractivity contribution in [3.63, 3.8) is 0 Å². The SMILES string of the molecule is O=C1C(=CCC=C2C(=O)c3cccnc3S2(=O)=O)S(=O)(=O)c2ncccc21. The summed E-state index contributed by atoms with van der Waals surface area (Å²) < 4.78 is 49.7. The minimum absolute atomic E-state index is 0.0300. The van der Waals surface area contributed by atoms with Crippen molar-refractivity contribution in [3.8, 4) is 0 Å². The molecule has 0 atom stereocenters. The first-order valence-electron chi connectivity index (χ1n) is 7.66. The number of nitrogens with zero attached hydrogens (tertiary/aromatic N) is 2. The van der Waals surface area contributed by atoms with E-state index in [0.717, 1.165) is 12.2 Å². The molecule has 0 spiro atoms. The van der Waals surface area contributed by atoms with Crippen molar-refractivity contribution in [1.82, 2.24) is 9.97 Å². The third-order valence-corrected chi connectivity index (χ3v) is 7.70. The number of carbonyl (C=O) groups is 2. The van der Waals surface area contributed by atoms with Gasteiger partial charge in [0.2, 0.25) is 31.2 Å². The van der Waals surface area contributed by atoms with Gasteiger partial charge in [-0.1, -0.05) is 12.2 Å². The first kappa shape index (κ1) is 17.4. The predicted molar refractivity (Wildman–Crippen MR) is 92.3 cm³/mol. The molecule has 4 rings (SSSR count). The molecule has 2 aliphatic heterocycles. The fraction of sp³-hybridized carbons (Fsp3) is 0.0588. The minimum Gasteiger partial charge on any atom is -0.288 e. The van der Waals surface area contributed by atoms with Crippen LogP contribution in [0.5, 0.6) is 0 Å². The van der Waals surface area contributed by atoms with E-state index in [1.165, 1.54) is 36.7 Å². The monoisotopic (exact) mass is 402 g/mol. The molecule has 0 saturated heterocycles. The first-order chi connectivity index (χ1) is 12.8. The summed E-state index contributed by atoms with van der Waals surface area (Å²) in [5.41, 5.74) is -0.0601. The number of rotatable bonds is 2. The van der Waals surface area contributed by atoms with Gasteiger partial charge in [0.25, 0.3) is 0 Å². The Morgan fingerprint density at radius 3 is 1.52 bits per heavy atom. The fourth-order valence-electron chi connectivity index (χ4n) is 2.95. The number of carbonyl (C=O) groups excluding carboxylic acids is 2. The number of allylic oxidation sites excluding steroid dienone is 4. The molecule has 0 radical (unpaired) electrons. The normalized spacial score (nSPS) is 22.2. The van der Waals surface area contributed by atoms with Gasteiger partial charge in [-0.15, -0.1) is 0 Å². The van der Waals surface area contributed by atoms with E-state index in [4.69, 9.17) is 0 Å². The van der Waals surface area contributed by atoms with Gasteiger partial charge in [0, 0.05) is 12.4 Å². The van der Waals surface area contributed by atoms with Crippen molar-refractivity contribution < 1.29 is 26.4 Å². The van der Waals surface area contributed by atoms with Crippen LogP contribution in [0.25, 0.3) is 0 Å². The maximum absolute atomic E-state index is 12.4. The Morgan fingerprint density at radius 1 is 0.741 bits per heavy atom. The Morgan fingerprint density at radius 2 is 1.15 bits per heavy atom. The summed E-state index contributed by atoms with van der Waals surface area (Å²) in [4.78, 5) is 31.1. The molecule has 27 heavy (non-hydrogen) atoms. The molecule has 0 saturated carbocycles. The molecule has 0 fully saturated rings. The van der Waals surface area contributed by atoms with Gasteiger partial charge in [-0.05, 0) is 30.7 Å². The van der Waals surface area contributed by atoms with E-state index in [1.54, 1.807) is 0 Å². The van der Waals surface area contributed by atoms with Crippen LogP contribution in [-0.4, -0.2) is 38.4 Å². The highest BCUT2D eigenvalue weighted by Gasteiger charge is 2.41. The molecule has 136 valence electrons. The zero-order valence-electron chi connectivity index (χ0n) is 13.5. The summed E-state index contributed by atoms with van der Waals surface area (Å²) in [6, 6.07) is 5.61. The van der Waals surface area contributed by atoms with Gasteiger partial charge < -0.3 is 0 Å². The number of hydrogen-bond acceptors (Lipinski definition) is 8. The van der Waals surface area contributed by atoms with E-state index in [0.29, 0.717) is 0 Å². The lowest BCUT2D eigenvalue weighted by atomic mass is 10.1. The highest BCUT2D eigenvalue weighted by molar-refractivity contribution is 7.97. The number of hydrogen-bond donors (Lipinski definition) is 0. The maximum atomic E-state index is 12.4. The molecule has 0 unspecified atom stereocenters. The zero-order valence-corrected chi connectivity index (χ0v) is 15.1. The highest BCUT2D eigenvalue weighted by atomic mass is 32.2. The van der Waals surface area contributed by atoms with Crippen molar-refractivity contribution in [3.05, 3.63) is 69.7 Å². The minimum atomic E-state index is -4.06. The summed E-state index contributed by atoms with van der Waals surface area (Å²) in [6.45, 7) is 0. The maximum Gasteiger partial charge on any atom is 0.228 e. The molecule has 2 aliphatic rings. The Labute approximate surface area is 154 Å². The van der Waals surface area contributed by atoms with Gasteiger partial charge in [0.15, 0.2) is 10.1 Å². The van der Waals surface area contributed by atoms with Crippen LogP contribution in [-0.2, 0) is 19.7 Å². The largest absolute Gasteiger partial charge is 0.288 e. The lowest BCUT2D eigenvalue weighted by Crippen LogP contribution is -2.04. The summed E-state index contributed by atoms with van der Waals surface area (Å²) in [5.74, 6) is -1.41. The van der Waals surface area contributed by atoms with E-state index in [2.05, 4.69) is 9.97 Å². The van der Waals surface area contributed by atoms with Gasteiger partial charge in [0.1, 0.15) is 9.81 Å². The third kappa shape index (κ3) is 2.41. The lowest BCUT2D eigenvalue weighted by Gasteiger charge is -1.97. The molecular weight excluding hydrogens is 392 g/mol. The lowest BCUT2D eigenvalue weighted by molar-refractivity contribution is 0.103. The molecule has 0 bridgehead atoms. The number of aromatic nitrogens is 2. The zero-order chi connectivity index (χ0) is 19.4. The van der Waals surface area contributed by atoms with Crippen LogP contribution in [0, 0.1) is 0 Å². The second-order valence-electron chi connectivity index (χ2n) is 5.75. The number of Topliss-reactive ketones (excluding diaryl/α,β-unsaturated/α-hetero) is 2. The second kappa shape index (κ2) is 5.76. The smallest absolute Gasteiger partial charge is 0.228 e. The third-order valence-electron chi connectivity index (χ3n) is 4.17. The van der Waals surface area contributed by atoms with E-state index >= 15 is 0 Å². The first-order valence-corrected chi connectivity index (χ1v) is 10.6. The standard InChI is InChI=1S/C17H10N2O6S2/c20-14-10-4-2-8-18-16(10)26(22,23)12(14)6-1-7-13-15(21)11-5-3-9-19-17(11)27(13,24)25/h2-9H,1H2. The number of ketones is 2. The van der Waals surface area contributed by atoms with Gasteiger partial charge in [-0.2, -0.15) is 0 Å². The topological polar surface area (TPSA) is 128 Å². The van der Waals surface area contributed by atoms with Crippen LogP contribution >= 0.6 is 0 Å². The number of sulfone groups is 2. The van der Waals surface area contributed by atoms with E-state index in [-0.39, 0.29) is 27.6 Å². The van der Waals surface area contributed by atoms with Gasteiger partial charge >= 0.3 is 0 Å². The molecular formula is C17H10N2O6S2. The van der Waals surface area contributed by atoms with Crippen LogP contribution in [0.3, 0.4) is 0 Å². The van der Waals surface area contributed by atoms with Crippen LogP contribution in [0.1, 0.15) is 27.1 Å². The average molecular weight is 402 g/mol. The summed E-state index contributed by atoms with van der Waals surface area (Å²) in [5, 5.41) is -0.648. The molecule has 0 aliphatic carbocycles. The molecule has 0 amide bonds. The fourth-order valence-corrected chi connectivity index (χ4v) is 6.01. The Bertz CT molecular complexity index is 1200. The Kier molecular flexibility index (Phi) is 3.72. The highest BCUT2D eigenvalue weighted by Crippen LogP contribution is 2.34. The van der Waals surface area contributed by atoms with Crippen molar-refractivity contribution in [2.75, 3.05) is 0 Å². The molecule has 8 nitrogen and oxygen atoms in total. The van der Waals surface area contributed by atoms with E-state index < -0.39 is 41.1 Å². The van der Waals surface area contributed by atoms with Crippen LogP contribution < -0.4 is 0 Å². The molecule has 4 heterocycles. The average Bonchev–Trinajstić information content (AvgIpc) is 2.96. The summed E-state index contributed by atoms with van der Waals surface area (Å²) >= 11 is 0. The molecule has 10 heteroatoms. The van der Waals surface area contributed by atoms with E-state index in [1.807, 2.05) is 0 Å². The number of pyridine rings is 2. The quantitative estimate of drug-likeness (QED) is 0.687. The van der Waals surface area contributed by atoms with Crippen molar-refractivity contribution in [2.45, 2.75) is 16.5 Å². The van der Waals surface area contributed by atoms with Gasteiger partial charge in [-0.3, -0.25) is 9.59 Å². The van der Waals surface area contributed by atoms with Crippen molar-refractivity contribution >= 4 is 31.2 Å². The summed E-state index contributed by atoms with van der Waals surface area (Å²) in [6.07, 6.45) is 4.48. The van der Waals surface area contributed by atoms with Gasteiger partial charge in [-0.25, -0.2) is 26.8 Å².